The van der Waals surface area contributed by atoms with Crippen LogP contribution in [0.2, 0.25) is 0 Å². The average Bonchev–Trinajstić information content (AvgIpc) is 2.98. The van der Waals surface area contributed by atoms with E-state index in [1.165, 1.54) is 5.56 Å². The fourth-order valence-corrected chi connectivity index (χ4v) is 3.29. The number of carbonyl (C=O) groups is 2. The van der Waals surface area contributed by atoms with Gasteiger partial charge in [-0.3, -0.25) is 9.59 Å². The van der Waals surface area contributed by atoms with Gasteiger partial charge >= 0.3 is 0 Å². The zero-order valence-electron chi connectivity index (χ0n) is 13.5. The summed E-state index contributed by atoms with van der Waals surface area (Å²) in [7, 11) is 0. The van der Waals surface area contributed by atoms with E-state index in [4.69, 9.17) is 0 Å². The second-order valence-corrected chi connectivity index (χ2v) is 7.17. The minimum Gasteiger partial charge on any atom is -0.326 e. The number of rotatable bonds is 4. The van der Waals surface area contributed by atoms with Gasteiger partial charge in [-0.2, -0.15) is 0 Å². The Bertz CT molecular complexity index is 771. The molecule has 0 unspecified atom stereocenters. The van der Waals surface area contributed by atoms with Gasteiger partial charge in [-0.15, -0.1) is 0 Å². The molecular formula is C19H19IN2O2. The normalized spacial score (nSPS) is 14.1. The number of nitrogens with one attached hydrogen (secondary N) is 1. The summed E-state index contributed by atoms with van der Waals surface area (Å²) in [5.41, 5.74) is 3.86. The van der Waals surface area contributed by atoms with E-state index >= 15 is 0 Å². The van der Waals surface area contributed by atoms with Crippen LogP contribution in [-0.2, 0) is 16.0 Å². The lowest BCUT2D eigenvalue weighted by molar-refractivity contribution is -0.117. The predicted octanol–water partition coefficient (Wildman–Crippen LogP) is 3.91. The molecule has 0 radical (unpaired) electrons. The van der Waals surface area contributed by atoms with Crippen molar-refractivity contribution in [3.05, 3.63) is 57.2 Å². The monoisotopic (exact) mass is 434 g/mol. The molecule has 0 atom stereocenters. The summed E-state index contributed by atoms with van der Waals surface area (Å²) in [6.07, 6.45) is 1.86. The Morgan fingerprint density at radius 1 is 1.21 bits per heavy atom. The highest BCUT2D eigenvalue weighted by molar-refractivity contribution is 14.1. The molecule has 0 aliphatic carbocycles. The summed E-state index contributed by atoms with van der Waals surface area (Å²) >= 11 is 2.26. The summed E-state index contributed by atoms with van der Waals surface area (Å²) in [4.78, 5) is 25.8. The van der Waals surface area contributed by atoms with Crippen LogP contribution in [0.3, 0.4) is 0 Å². The molecule has 0 bridgehead atoms. The molecule has 4 nitrogen and oxygen atoms in total. The molecule has 2 amide bonds. The number of amides is 2. The first-order valence-corrected chi connectivity index (χ1v) is 9.06. The summed E-state index contributed by atoms with van der Waals surface area (Å²) in [5, 5.41) is 2.93. The van der Waals surface area contributed by atoms with Crippen LogP contribution in [0, 0.1) is 10.5 Å². The molecule has 124 valence electrons. The number of carbonyl (C=O) groups excluding carboxylic acids is 2. The van der Waals surface area contributed by atoms with E-state index in [-0.39, 0.29) is 11.8 Å². The maximum Gasteiger partial charge on any atom is 0.228 e. The molecular weight excluding hydrogens is 415 g/mol. The van der Waals surface area contributed by atoms with Gasteiger partial charge in [-0.05, 0) is 71.3 Å². The van der Waals surface area contributed by atoms with Crippen molar-refractivity contribution < 1.29 is 9.59 Å². The maximum absolute atomic E-state index is 12.2. The van der Waals surface area contributed by atoms with Gasteiger partial charge in [0.05, 0.1) is 6.42 Å². The highest BCUT2D eigenvalue weighted by Crippen LogP contribution is 2.22. The summed E-state index contributed by atoms with van der Waals surface area (Å²) < 4.78 is 1.13. The largest absolute Gasteiger partial charge is 0.326 e. The molecule has 2 aromatic rings. The van der Waals surface area contributed by atoms with Crippen LogP contribution in [0.4, 0.5) is 11.4 Å². The van der Waals surface area contributed by atoms with Gasteiger partial charge in [0.15, 0.2) is 0 Å². The van der Waals surface area contributed by atoms with Crippen molar-refractivity contribution in [1.29, 1.82) is 0 Å². The van der Waals surface area contributed by atoms with Crippen molar-refractivity contribution in [2.75, 3.05) is 16.8 Å². The minimum absolute atomic E-state index is 0.0420. The molecule has 1 saturated heterocycles. The van der Waals surface area contributed by atoms with Gasteiger partial charge in [-0.1, -0.05) is 18.2 Å². The lowest BCUT2D eigenvalue weighted by Crippen LogP contribution is -2.23. The van der Waals surface area contributed by atoms with Gasteiger partial charge in [0.2, 0.25) is 11.8 Å². The lowest BCUT2D eigenvalue weighted by atomic mass is 10.1. The predicted molar refractivity (Wildman–Crippen MR) is 104 cm³/mol. The molecule has 5 heteroatoms. The Labute approximate surface area is 155 Å². The number of nitrogens with zero attached hydrogens (tertiary/aromatic N) is 1. The third-order valence-corrected chi connectivity index (χ3v) is 5.30. The van der Waals surface area contributed by atoms with E-state index in [0.717, 1.165) is 33.5 Å². The van der Waals surface area contributed by atoms with Crippen LogP contribution in [-0.4, -0.2) is 18.4 Å². The Hall–Kier alpha value is -1.89. The summed E-state index contributed by atoms with van der Waals surface area (Å²) in [5.74, 6) is 0.133. The summed E-state index contributed by atoms with van der Waals surface area (Å²) in [6.45, 7) is 2.82. The lowest BCUT2D eigenvalue weighted by Gasteiger charge is -2.15. The average molecular weight is 434 g/mol. The molecule has 0 aromatic heterocycles. The van der Waals surface area contributed by atoms with Crippen molar-refractivity contribution in [3.8, 4) is 0 Å². The molecule has 24 heavy (non-hydrogen) atoms. The van der Waals surface area contributed by atoms with E-state index in [0.29, 0.717) is 12.8 Å². The molecule has 1 N–H and O–H groups in total. The Balaban J connectivity index is 1.62. The first-order chi connectivity index (χ1) is 11.5. The molecule has 3 rings (SSSR count). The second kappa shape index (κ2) is 7.34. The molecule has 0 spiro atoms. The third-order valence-electron chi connectivity index (χ3n) is 4.14. The first kappa shape index (κ1) is 17.0. The van der Waals surface area contributed by atoms with E-state index in [9.17, 15) is 9.59 Å². The Kier molecular flexibility index (Phi) is 5.18. The van der Waals surface area contributed by atoms with Crippen molar-refractivity contribution in [2.24, 2.45) is 0 Å². The molecule has 1 aliphatic rings. The van der Waals surface area contributed by atoms with E-state index in [1.807, 2.05) is 49.4 Å². The number of halogens is 1. The molecule has 2 aromatic carbocycles. The SMILES string of the molecule is Cc1ccc(NC(=O)Cc2ccc(N3CCCC3=O)cc2)cc1I. The number of anilines is 2. The van der Waals surface area contributed by atoms with E-state index < -0.39 is 0 Å². The number of aryl methyl sites for hydroxylation is 1. The second-order valence-electron chi connectivity index (χ2n) is 6.00. The minimum atomic E-state index is -0.0420. The van der Waals surface area contributed by atoms with Crippen molar-refractivity contribution in [1.82, 2.24) is 0 Å². The van der Waals surface area contributed by atoms with Crippen molar-refractivity contribution in [2.45, 2.75) is 26.2 Å². The van der Waals surface area contributed by atoms with Gasteiger partial charge in [0, 0.05) is 27.9 Å². The van der Waals surface area contributed by atoms with Crippen LogP contribution in [0.1, 0.15) is 24.0 Å². The van der Waals surface area contributed by atoms with Crippen molar-refractivity contribution >= 4 is 45.8 Å². The van der Waals surface area contributed by atoms with Crippen LogP contribution >= 0.6 is 22.6 Å². The molecule has 1 heterocycles. The van der Waals surface area contributed by atoms with Crippen LogP contribution < -0.4 is 10.2 Å². The Morgan fingerprint density at radius 2 is 1.96 bits per heavy atom. The Morgan fingerprint density at radius 3 is 2.58 bits per heavy atom. The van der Waals surface area contributed by atoms with Crippen LogP contribution in [0.25, 0.3) is 0 Å². The number of benzene rings is 2. The third kappa shape index (κ3) is 3.95. The number of hydrogen-bond acceptors (Lipinski definition) is 2. The quantitative estimate of drug-likeness (QED) is 0.743. The number of hydrogen-bond donors (Lipinski definition) is 1. The first-order valence-electron chi connectivity index (χ1n) is 7.98. The van der Waals surface area contributed by atoms with Crippen LogP contribution in [0.15, 0.2) is 42.5 Å². The van der Waals surface area contributed by atoms with Crippen LogP contribution in [0.5, 0.6) is 0 Å². The van der Waals surface area contributed by atoms with Gasteiger partial charge in [0.1, 0.15) is 0 Å². The fraction of sp³-hybridized carbons (Fsp3) is 0.263. The topological polar surface area (TPSA) is 49.4 Å². The van der Waals surface area contributed by atoms with Gasteiger partial charge in [-0.25, -0.2) is 0 Å². The highest BCUT2D eigenvalue weighted by Gasteiger charge is 2.21. The van der Waals surface area contributed by atoms with Crippen molar-refractivity contribution in [3.63, 3.8) is 0 Å². The highest BCUT2D eigenvalue weighted by atomic mass is 127. The smallest absolute Gasteiger partial charge is 0.228 e. The summed E-state index contributed by atoms with van der Waals surface area (Å²) in [6, 6.07) is 13.5. The van der Waals surface area contributed by atoms with Gasteiger partial charge in [0.25, 0.3) is 0 Å². The molecule has 1 fully saturated rings. The zero-order valence-corrected chi connectivity index (χ0v) is 15.7. The maximum atomic E-state index is 12.2. The zero-order chi connectivity index (χ0) is 17.1. The molecule has 0 saturated carbocycles. The fourth-order valence-electron chi connectivity index (χ4n) is 2.78. The van der Waals surface area contributed by atoms with E-state index in [1.54, 1.807) is 4.90 Å². The van der Waals surface area contributed by atoms with E-state index in [2.05, 4.69) is 27.9 Å². The standard InChI is InChI=1S/C19H19IN2O2/c1-13-4-7-15(12-17(13)20)21-18(23)11-14-5-8-16(9-6-14)22-10-2-3-19(22)24/h4-9,12H,2-3,10-11H2,1H3,(H,21,23). The molecule has 1 aliphatic heterocycles. The van der Waals surface area contributed by atoms with Gasteiger partial charge < -0.3 is 10.2 Å².